The fraction of sp³-hybridized carbons (Fsp3) is 0.684. The van der Waals surface area contributed by atoms with E-state index in [-0.39, 0.29) is 5.54 Å². The maximum atomic E-state index is 3.68. The predicted octanol–water partition coefficient (Wildman–Crippen LogP) is 5.06. The molecule has 1 N–H and O–H groups in total. The van der Waals surface area contributed by atoms with Crippen molar-refractivity contribution in [3.05, 3.63) is 35.9 Å². The first-order valence-electron chi connectivity index (χ1n) is 8.16. The lowest BCUT2D eigenvalue weighted by molar-refractivity contribution is 0.315. The summed E-state index contributed by atoms with van der Waals surface area (Å²) in [4.78, 5) is 0. The highest BCUT2D eigenvalue weighted by atomic mass is 14.9. The molecular formula is C19H33N. The van der Waals surface area contributed by atoms with Crippen LogP contribution >= 0.6 is 0 Å². The normalized spacial score (nSPS) is 13.7. The van der Waals surface area contributed by atoms with E-state index in [1.165, 1.54) is 31.2 Å². The van der Waals surface area contributed by atoms with E-state index in [2.05, 4.69) is 70.3 Å². The Labute approximate surface area is 126 Å². The molecule has 114 valence electrons. The maximum absolute atomic E-state index is 3.68. The van der Waals surface area contributed by atoms with Gasteiger partial charge in [0.05, 0.1) is 0 Å². The van der Waals surface area contributed by atoms with Gasteiger partial charge in [0.2, 0.25) is 0 Å². The van der Waals surface area contributed by atoms with Gasteiger partial charge < -0.3 is 5.32 Å². The van der Waals surface area contributed by atoms with Crippen molar-refractivity contribution in [2.75, 3.05) is 6.54 Å². The second-order valence-corrected chi connectivity index (χ2v) is 7.50. The summed E-state index contributed by atoms with van der Waals surface area (Å²) < 4.78 is 0. The molecule has 0 fully saturated rings. The van der Waals surface area contributed by atoms with Gasteiger partial charge in [-0.25, -0.2) is 0 Å². The molecule has 0 radical (unpaired) electrons. The van der Waals surface area contributed by atoms with Crippen LogP contribution in [0.15, 0.2) is 30.3 Å². The van der Waals surface area contributed by atoms with E-state index < -0.39 is 0 Å². The van der Waals surface area contributed by atoms with Crippen LogP contribution in [0.2, 0.25) is 0 Å². The maximum Gasteiger partial charge on any atom is 0.00966 e. The zero-order valence-corrected chi connectivity index (χ0v) is 14.1. The molecule has 1 atom stereocenters. The second kappa shape index (κ2) is 8.46. The quantitative estimate of drug-likeness (QED) is 0.699. The van der Waals surface area contributed by atoms with Gasteiger partial charge in [0.25, 0.3) is 0 Å². The van der Waals surface area contributed by atoms with E-state index in [9.17, 15) is 0 Å². The third kappa shape index (κ3) is 8.37. The molecule has 0 aliphatic heterocycles. The van der Waals surface area contributed by atoms with Crippen LogP contribution < -0.4 is 5.32 Å². The Balaban J connectivity index is 2.36. The Morgan fingerprint density at radius 3 is 2.25 bits per heavy atom. The lowest BCUT2D eigenvalue weighted by Crippen LogP contribution is -2.39. The highest BCUT2D eigenvalue weighted by Gasteiger charge is 2.15. The summed E-state index contributed by atoms with van der Waals surface area (Å²) in [5, 5.41) is 3.68. The molecule has 0 aliphatic rings. The fourth-order valence-corrected chi connectivity index (χ4v) is 2.66. The summed E-state index contributed by atoms with van der Waals surface area (Å²) in [7, 11) is 0. The minimum absolute atomic E-state index is 0.231. The van der Waals surface area contributed by atoms with Gasteiger partial charge in [-0.3, -0.25) is 0 Å². The minimum Gasteiger partial charge on any atom is -0.312 e. The largest absolute Gasteiger partial charge is 0.312 e. The minimum atomic E-state index is 0.231. The smallest absolute Gasteiger partial charge is 0.00966 e. The number of rotatable bonds is 8. The van der Waals surface area contributed by atoms with Crippen molar-refractivity contribution in [2.45, 2.75) is 65.8 Å². The van der Waals surface area contributed by atoms with E-state index in [4.69, 9.17) is 0 Å². The zero-order chi connectivity index (χ0) is 15.0. The second-order valence-electron chi connectivity index (χ2n) is 7.50. The molecule has 0 saturated heterocycles. The summed E-state index contributed by atoms with van der Waals surface area (Å²) in [6.07, 6.45) is 5.17. The van der Waals surface area contributed by atoms with Gasteiger partial charge in [-0.2, -0.15) is 0 Å². The van der Waals surface area contributed by atoms with Gasteiger partial charge in [-0.05, 0) is 70.4 Å². The molecule has 0 aromatic heterocycles. The van der Waals surface area contributed by atoms with Crippen LogP contribution in [0.5, 0.6) is 0 Å². The Hall–Kier alpha value is -0.820. The van der Waals surface area contributed by atoms with Gasteiger partial charge in [0.15, 0.2) is 0 Å². The first-order chi connectivity index (χ1) is 9.37. The summed E-state index contributed by atoms with van der Waals surface area (Å²) in [5.74, 6) is 1.59. The first-order valence-corrected chi connectivity index (χ1v) is 8.16. The number of hydrogen-bond acceptors (Lipinski definition) is 1. The molecule has 0 aliphatic carbocycles. The third-order valence-electron chi connectivity index (χ3n) is 3.65. The van der Waals surface area contributed by atoms with Crippen molar-refractivity contribution < 1.29 is 0 Å². The Kier molecular flexibility index (Phi) is 7.29. The Morgan fingerprint density at radius 2 is 1.70 bits per heavy atom. The lowest BCUT2D eigenvalue weighted by Gasteiger charge is -2.26. The van der Waals surface area contributed by atoms with Crippen LogP contribution in [-0.4, -0.2) is 12.1 Å². The van der Waals surface area contributed by atoms with Crippen LogP contribution in [0.3, 0.4) is 0 Å². The number of aryl methyl sites for hydroxylation is 1. The third-order valence-corrected chi connectivity index (χ3v) is 3.65. The molecule has 0 amide bonds. The van der Waals surface area contributed by atoms with Gasteiger partial charge in [0, 0.05) is 5.54 Å². The van der Waals surface area contributed by atoms with E-state index >= 15 is 0 Å². The van der Waals surface area contributed by atoms with Gasteiger partial charge in [-0.1, -0.05) is 44.2 Å². The molecule has 20 heavy (non-hydrogen) atoms. The SMILES string of the molecule is CC(C)CC(CCCc1ccccc1)CNC(C)(C)C. The zero-order valence-electron chi connectivity index (χ0n) is 14.1. The first kappa shape index (κ1) is 17.2. The molecule has 1 rings (SSSR count). The van der Waals surface area contributed by atoms with Gasteiger partial charge >= 0.3 is 0 Å². The Morgan fingerprint density at radius 1 is 1.05 bits per heavy atom. The average Bonchev–Trinajstić information content (AvgIpc) is 2.35. The number of nitrogens with one attached hydrogen (secondary N) is 1. The number of benzene rings is 1. The van der Waals surface area contributed by atoms with Crippen molar-refractivity contribution in [2.24, 2.45) is 11.8 Å². The molecule has 0 spiro atoms. The highest BCUT2D eigenvalue weighted by Crippen LogP contribution is 2.19. The summed E-state index contributed by atoms with van der Waals surface area (Å²) in [5.41, 5.74) is 1.70. The molecular weight excluding hydrogens is 242 g/mol. The van der Waals surface area contributed by atoms with E-state index in [0.29, 0.717) is 0 Å². The van der Waals surface area contributed by atoms with Crippen molar-refractivity contribution in [1.29, 1.82) is 0 Å². The van der Waals surface area contributed by atoms with Crippen molar-refractivity contribution in [3.63, 3.8) is 0 Å². The predicted molar refractivity (Wildman–Crippen MR) is 90.1 cm³/mol. The fourth-order valence-electron chi connectivity index (χ4n) is 2.66. The van der Waals surface area contributed by atoms with Crippen LogP contribution in [0, 0.1) is 11.8 Å². The molecule has 0 heterocycles. The summed E-state index contributed by atoms with van der Waals surface area (Å²) >= 11 is 0. The number of hydrogen-bond donors (Lipinski definition) is 1. The monoisotopic (exact) mass is 275 g/mol. The van der Waals surface area contributed by atoms with Crippen molar-refractivity contribution >= 4 is 0 Å². The lowest BCUT2D eigenvalue weighted by atomic mass is 9.90. The molecule has 0 bridgehead atoms. The molecule has 1 heteroatoms. The standard InChI is InChI=1S/C19H33N/c1-16(2)14-18(15-20-19(3,4)5)13-9-12-17-10-7-6-8-11-17/h6-8,10-11,16,18,20H,9,12-15H2,1-5H3. The van der Waals surface area contributed by atoms with Gasteiger partial charge in [0.1, 0.15) is 0 Å². The molecule has 1 aromatic rings. The van der Waals surface area contributed by atoms with Crippen LogP contribution in [0.1, 0.15) is 59.4 Å². The van der Waals surface area contributed by atoms with Crippen molar-refractivity contribution in [3.8, 4) is 0 Å². The van der Waals surface area contributed by atoms with Crippen LogP contribution in [-0.2, 0) is 6.42 Å². The van der Waals surface area contributed by atoms with E-state index in [1.54, 1.807) is 0 Å². The van der Waals surface area contributed by atoms with Crippen molar-refractivity contribution in [1.82, 2.24) is 5.32 Å². The molecule has 1 unspecified atom stereocenters. The molecule has 0 saturated carbocycles. The molecule has 1 aromatic carbocycles. The summed E-state index contributed by atoms with van der Waals surface area (Å²) in [6, 6.07) is 10.9. The van der Waals surface area contributed by atoms with Crippen LogP contribution in [0.25, 0.3) is 0 Å². The Bertz CT molecular complexity index is 348. The highest BCUT2D eigenvalue weighted by molar-refractivity contribution is 5.14. The average molecular weight is 275 g/mol. The van der Waals surface area contributed by atoms with Crippen LogP contribution in [0.4, 0.5) is 0 Å². The van der Waals surface area contributed by atoms with E-state index in [1.807, 2.05) is 0 Å². The van der Waals surface area contributed by atoms with Gasteiger partial charge in [-0.15, -0.1) is 0 Å². The summed E-state index contributed by atoms with van der Waals surface area (Å²) in [6.45, 7) is 12.6. The topological polar surface area (TPSA) is 12.0 Å². The van der Waals surface area contributed by atoms with E-state index in [0.717, 1.165) is 18.4 Å². The molecule has 1 nitrogen and oxygen atoms in total.